The minimum atomic E-state index is -0.743. The summed E-state index contributed by atoms with van der Waals surface area (Å²) in [5.74, 6) is -1.41. The van der Waals surface area contributed by atoms with E-state index in [4.69, 9.17) is 9.47 Å². The van der Waals surface area contributed by atoms with Crippen LogP contribution in [0, 0.1) is 11.6 Å². The first-order valence-electron chi connectivity index (χ1n) is 10.7. The van der Waals surface area contributed by atoms with Crippen molar-refractivity contribution in [1.29, 1.82) is 0 Å². The van der Waals surface area contributed by atoms with Crippen molar-refractivity contribution < 1.29 is 23.0 Å². The number of hydrogen-bond acceptors (Lipinski definition) is 7. The molecule has 0 aliphatic carbocycles. The molecule has 0 fully saturated rings. The van der Waals surface area contributed by atoms with E-state index in [2.05, 4.69) is 25.7 Å². The summed E-state index contributed by atoms with van der Waals surface area (Å²) in [6.45, 7) is 0.912. The fraction of sp³-hybridized carbons (Fsp3) is 0.250. The summed E-state index contributed by atoms with van der Waals surface area (Å²) in [6.07, 6.45) is 4.63. The monoisotopic (exact) mass is 482 g/mol. The zero-order valence-electron chi connectivity index (χ0n) is 19.4. The number of ether oxygens (including phenoxy) is 2. The number of benzene rings is 2. The molecule has 0 saturated heterocycles. The van der Waals surface area contributed by atoms with E-state index in [0.29, 0.717) is 24.3 Å². The lowest BCUT2D eigenvalue weighted by atomic mass is 10.0. The van der Waals surface area contributed by atoms with Crippen LogP contribution < -0.4 is 15.4 Å². The summed E-state index contributed by atoms with van der Waals surface area (Å²) in [5, 5.41) is 10.2. The van der Waals surface area contributed by atoms with Crippen molar-refractivity contribution in [3.8, 4) is 5.75 Å². The number of aryl methyl sites for hydroxylation is 1. The molecule has 1 atom stereocenters. The highest BCUT2D eigenvalue weighted by atomic mass is 19.1. The standard InChI is InChI=1S/C24H24F2N6O3/c1-32-13-16(11-29-32)22(14-4-5-21(35-3)19(26)8-14)31-23(33)15-9-18(25)17-12-28-24(27-6-7-34-2)30-20(17)10-15/h4-5,8-13,22H,6-7H2,1-3H3,(H,31,33)(H,27,28,30). The van der Waals surface area contributed by atoms with Crippen molar-refractivity contribution in [2.24, 2.45) is 7.05 Å². The highest BCUT2D eigenvalue weighted by Gasteiger charge is 2.22. The summed E-state index contributed by atoms with van der Waals surface area (Å²) in [4.78, 5) is 21.6. The fourth-order valence-corrected chi connectivity index (χ4v) is 3.60. The van der Waals surface area contributed by atoms with Crippen molar-refractivity contribution in [3.05, 3.63) is 77.2 Å². The number of anilines is 1. The van der Waals surface area contributed by atoms with E-state index in [-0.39, 0.29) is 28.2 Å². The molecule has 2 aromatic heterocycles. The number of nitrogens with zero attached hydrogens (tertiary/aromatic N) is 4. The Kier molecular flexibility index (Phi) is 7.16. The minimum Gasteiger partial charge on any atom is -0.494 e. The molecular formula is C24H24F2N6O3. The van der Waals surface area contributed by atoms with Crippen LogP contribution in [-0.4, -0.2) is 53.0 Å². The number of halogens is 2. The van der Waals surface area contributed by atoms with Crippen LogP contribution in [0.4, 0.5) is 14.7 Å². The van der Waals surface area contributed by atoms with Crippen molar-refractivity contribution in [2.75, 3.05) is 32.7 Å². The molecule has 0 aliphatic rings. The molecular weight excluding hydrogens is 458 g/mol. The smallest absolute Gasteiger partial charge is 0.252 e. The topological polar surface area (TPSA) is 103 Å². The first-order chi connectivity index (χ1) is 16.9. The molecule has 0 aliphatic heterocycles. The van der Waals surface area contributed by atoms with Gasteiger partial charge in [0.15, 0.2) is 11.6 Å². The number of fused-ring (bicyclic) bond motifs is 1. The van der Waals surface area contributed by atoms with Gasteiger partial charge in [0.25, 0.3) is 5.91 Å². The fourth-order valence-electron chi connectivity index (χ4n) is 3.60. The Balaban J connectivity index is 1.66. The van der Waals surface area contributed by atoms with Crippen LogP contribution in [0.5, 0.6) is 5.75 Å². The van der Waals surface area contributed by atoms with Gasteiger partial charge in [0, 0.05) is 44.2 Å². The Morgan fingerprint density at radius 3 is 2.63 bits per heavy atom. The Morgan fingerprint density at radius 2 is 1.94 bits per heavy atom. The van der Waals surface area contributed by atoms with Gasteiger partial charge < -0.3 is 20.1 Å². The Bertz CT molecular complexity index is 1360. The minimum absolute atomic E-state index is 0.0550. The van der Waals surface area contributed by atoms with Crippen molar-refractivity contribution >= 4 is 22.8 Å². The van der Waals surface area contributed by atoms with E-state index in [9.17, 15) is 13.6 Å². The number of methoxy groups -OCH3 is 2. The lowest BCUT2D eigenvalue weighted by Gasteiger charge is -2.19. The highest BCUT2D eigenvalue weighted by molar-refractivity contribution is 5.98. The third-order valence-corrected chi connectivity index (χ3v) is 5.34. The summed E-state index contributed by atoms with van der Waals surface area (Å²) in [5.41, 5.74) is 1.41. The van der Waals surface area contributed by atoms with E-state index >= 15 is 0 Å². The van der Waals surface area contributed by atoms with Gasteiger partial charge in [-0.15, -0.1) is 0 Å². The molecule has 0 radical (unpaired) electrons. The van der Waals surface area contributed by atoms with Crippen LogP contribution in [0.25, 0.3) is 10.9 Å². The summed E-state index contributed by atoms with van der Waals surface area (Å²) >= 11 is 0. The van der Waals surface area contributed by atoms with Crippen LogP contribution in [0.1, 0.15) is 27.5 Å². The molecule has 35 heavy (non-hydrogen) atoms. The summed E-state index contributed by atoms with van der Waals surface area (Å²) in [6, 6.07) is 6.26. The second kappa shape index (κ2) is 10.4. The van der Waals surface area contributed by atoms with Crippen molar-refractivity contribution in [1.82, 2.24) is 25.1 Å². The van der Waals surface area contributed by atoms with Crippen LogP contribution >= 0.6 is 0 Å². The zero-order valence-corrected chi connectivity index (χ0v) is 19.4. The lowest BCUT2D eigenvalue weighted by Crippen LogP contribution is -2.29. The quantitative estimate of drug-likeness (QED) is 0.353. The molecule has 2 aromatic carbocycles. The molecule has 182 valence electrons. The number of nitrogens with one attached hydrogen (secondary N) is 2. The van der Waals surface area contributed by atoms with Crippen LogP contribution in [0.2, 0.25) is 0 Å². The zero-order chi connectivity index (χ0) is 24.9. The highest BCUT2D eigenvalue weighted by Crippen LogP contribution is 2.27. The first-order valence-corrected chi connectivity index (χ1v) is 10.7. The summed E-state index contributed by atoms with van der Waals surface area (Å²) < 4.78 is 40.8. The maximum absolute atomic E-state index is 14.8. The van der Waals surface area contributed by atoms with Gasteiger partial charge in [0.2, 0.25) is 5.95 Å². The van der Waals surface area contributed by atoms with E-state index < -0.39 is 23.6 Å². The molecule has 2 heterocycles. The average Bonchev–Trinajstić information content (AvgIpc) is 3.28. The Morgan fingerprint density at radius 1 is 1.11 bits per heavy atom. The molecule has 1 unspecified atom stereocenters. The number of carbonyl (C=O) groups excluding carboxylic acids is 1. The maximum atomic E-state index is 14.8. The van der Waals surface area contributed by atoms with E-state index in [1.807, 2.05) is 0 Å². The van der Waals surface area contributed by atoms with Gasteiger partial charge >= 0.3 is 0 Å². The van der Waals surface area contributed by atoms with Gasteiger partial charge in [-0.25, -0.2) is 18.7 Å². The number of amides is 1. The van der Waals surface area contributed by atoms with E-state index in [1.165, 1.54) is 31.5 Å². The van der Waals surface area contributed by atoms with Crippen LogP contribution in [0.3, 0.4) is 0 Å². The predicted molar refractivity (Wildman–Crippen MR) is 125 cm³/mol. The molecule has 2 N–H and O–H groups in total. The lowest BCUT2D eigenvalue weighted by molar-refractivity contribution is 0.0942. The second-order valence-electron chi connectivity index (χ2n) is 7.75. The Hall–Kier alpha value is -4.12. The molecule has 0 bridgehead atoms. The predicted octanol–water partition coefficient (Wildman–Crippen LogP) is 3.23. The molecule has 4 rings (SSSR count). The van der Waals surface area contributed by atoms with Crippen LogP contribution in [0.15, 0.2) is 48.9 Å². The normalized spacial score (nSPS) is 11.9. The number of aromatic nitrogens is 4. The molecule has 9 nitrogen and oxygen atoms in total. The van der Waals surface area contributed by atoms with Crippen LogP contribution in [-0.2, 0) is 11.8 Å². The van der Waals surface area contributed by atoms with E-state index in [1.54, 1.807) is 37.3 Å². The third kappa shape index (κ3) is 5.35. The molecule has 4 aromatic rings. The molecule has 11 heteroatoms. The van der Waals surface area contributed by atoms with Crippen molar-refractivity contribution in [3.63, 3.8) is 0 Å². The van der Waals surface area contributed by atoms with E-state index in [0.717, 1.165) is 6.07 Å². The number of rotatable bonds is 9. The largest absolute Gasteiger partial charge is 0.494 e. The van der Waals surface area contributed by atoms with Gasteiger partial charge in [0.05, 0.1) is 36.9 Å². The number of carbonyl (C=O) groups is 1. The SMILES string of the molecule is COCCNc1ncc2c(F)cc(C(=O)NC(c3ccc(OC)c(F)c3)c3cnn(C)c3)cc2n1. The van der Waals surface area contributed by atoms with Gasteiger partial charge in [-0.1, -0.05) is 6.07 Å². The first kappa shape index (κ1) is 24.0. The summed E-state index contributed by atoms with van der Waals surface area (Å²) in [7, 11) is 4.67. The second-order valence-corrected chi connectivity index (χ2v) is 7.75. The van der Waals surface area contributed by atoms with Gasteiger partial charge in [0.1, 0.15) is 5.82 Å². The number of hydrogen-bond donors (Lipinski definition) is 2. The van der Waals surface area contributed by atoms with Gasteiger partial charge in [-0.05, 0) is 29.8 Å². The van der Waals surface area contributed by atoms with Gasteiger partial charge in [-0.3, -0.25) is 9.48 Å². The average molecular weight is 482 g/mol. The maximum Gasteiger partial charge on any atom is 0.252 e. The molecule has 0 spiro atoms. The third-order valence-electron chi connectivity index (χ3n) is 5.34. The molecule has 0 saturated carbocycles. The molecule has 1 amide bonds. The Labute approximate surface area is 200 Å². The van der Waals surface area contributed by atoms with Crippen molar-refractivity contribution in [2.45, 2.75) is 6.04 Å². The van der Waals surface area contributed by atoms with Gasteiger partial charge in [-0.2, -0.15) is 5.10 Å².